The lowest BCUT2D eigenvalue weighted by Crippen LogP contribution is -2.55. The van der Waals surface area contributed by atoms with Crippen molar-refractivity contribution in [2.45, 2.75) is 56.8 Å². The maximum atomic E-state index is 15.8. The van der Waals surface area contributed by atoms with Crippen LogP contribution in [0, 0.1) is 0 Å². The second-order valence-electron chi connectivity index (χ2n) is 12.4. The van der Waals surface area contributed by atoms with Crippen LogP contribution in [0.1, 0.15) is 62.5 Å². The standard InChI is InChI=1S/C32H37BFN7O4/c1-4-43-33-25-11-10-21(16-23(25)31(2,3)45-33)36-30-35-17-22(27(39-30)37-26(19-42)20-8-6-5-7-9-20)29-38-28(40-44-29)24-18-41-14-12-32(24,34)13-15-41/h5-11,16-17,24,26,42H,4,12-15,18-19H2,1-3H3,(H2,35,36,37,39)/t24?,26-/m1/s1. The van der Waals surface area contributed by atoms with Gasteiger partial charge in [0.05, 0.1) is 24.2 Å². The van der Waals surface area contributed by atoms with Gasteiger partial charge in [0, 0.05) is 38.1 Å². The fourth-order valence-corrected chi connectivity index (χ4v) is 6.63. The number of rotatable bonds is 10. The van der Waals surface area contributed by atoms with Gasteiger partial charge in [0.15, 0.2) is 5.82 Å². The molecule has 0 spiro atoms. The van der Waals surface area contributed by atoms with Crippen LogP contribution in [0.15, 0.2) is 59.3 Å². The molecule has 3 N–H and O–H groups in total. The molecular formula is C32H37BFN7O4. The van der Waals surface area contributed by atoms with E-state index in [0.717, 1.165) is 35.4 Å². The summed E-state index contributed by atoms with van der Waals surface area (Å²) in [6, 6.07) is 15.1. The number of halogens is 1. The smallest absolute Gasteiger partial charge is 0.408 e. The van der Waals surface area contributed by atoms with Gasteiger partial charge in [-0.15, -0.1) is 0 Å². The highest BCUT2D eigenvalue weighted by Gasteiger charge is 2.50. The largest absolute Gasteiger partial charge is 0.494 e. The van der Waals surface area contributed by atoms with Gasteiger partial charge in [0.2, 0.25) is 5.95 Å². The summed E-state index contributed by atoms with van der Waals surface area (Å²) in [5.74, 6) is 0.780. The van der Waals surface area contributed by atoms with Crippen LogP contribution < -0.4 is 16.1 Å². The molecule has 4 aliphatic heterocycles. The lowest BCUT2D eigenvalue weighted by Gasteiger charge is -2.47. The van der Waals surface area contributed by atoms with Crippen LogP contribution in [0.3, 0.4) is 0 Å². The topological polar surface area (TPSA) is 131 Å². The number of nitrogens with zero attached hydrogens (tertiary/aromatic N) is 5. The van der Waals surface area contributed by atoms with E-state index in [-0.39, 0.29) is 12.5 Å². The maximum Gasteiger partial charge on any atom is 0.494 e. The van der Waals surface area contributed by atoms with Crippen molar-refractivity contribution in [3.05, 3.63) is 71.7 Å². The molecule has 4 aliphatic rings. The van der Waals surface area contributed by atoms with Crippen LogP contribution in [0.2, 0.25) is 0 Å². The third kappa shape index (κ3) is 5.69. The molecule has 0 amide bonds. The molecule has 6 heterocycles. The highest BCUT2D eigenvalue weighted by atomic mass is 19.1. The third-order valence-corrected chi connectivity index (χ3v) is 9.15. The van der Waals surface area contributed by atoms with Crippen LogP contribution in [0.25, 0.3) is 11.5 Å². The Balaban J connectivity index is 1.21. The Hall–Kier alpha value is -3.91. The molecule has 4 aromatic rings. The van der Waals surface area contributed by atoms with Gasteiger partial charge in [-0.25, -0.2) is 9.37 Å². The van der Waals surface area contributed by atoms with Gasteiger partial charge < -0.3 is 34.5 Å². The van der Waals surface area contributed by atoms with Crippen molar-refractivity contribution in [3.8, 4) is 11.5 Å². The number of aliphatic hydroxyl groups excluding tert-OH is 1. The molecule has 3 saturated heterocycles. The van der Waals surface area contributed by atoms with Crippen LogP contribution in [-0.2, 0) is 14.9 Å². The van der Waals surface area contributed by atoms with E-state index in [9.17, 15) is 5.11 Å². The minimum absolute atomic E-state index is 0.183. The summed E-state index contributed by atoms with van der Waals surface area (Å²) < 4.78 is 33.5. The van der Waals surface area contributed by atoms with Crippen molar-refractivity contribution in [3.63, 3.8) is 0 Å². The average molecular weight is 614 g/mol. The van der Waals surface area contributed by atoms with Gasteiger partial charge in [-0.3, -0.25) is 0 Å². The average Bonchev–Trinajstić information content (AvgIpc) is 3.63. The number of aromatic nitrogens is 4. The lowest BCUT2D eigenvalue weighted by atomic mass is 9.76. The van der Waals surface area contributed by atoms with Gasteiger partial charge in [-0.05, 0) is 62.3 Å². The molecule has 3 fully saturated rings. The Morgan fingerprint density at radius 1 is 1.16 bits per heavy atom. The molecule has 1 unspecified atom stereocenters. The zero-order valence-electron chi connectivity index (χ0n) is 25.7. The van der Waals surface area contributed by atoms with Gasteiger partial charge in [0.25, 0.3) is 5.89 Å². The zero-order valence-corrected chi connectivity index (χ0v) is 25.7. The molecule has 2 bridgehead atoms. The Labute approximate surface area is 261 Å². The van der Waals surface area contributed by atoms with E-state index in [4.69, 9.17) is 18.8 Å². The van der Waals surface area contributed by atoms with Crippen LogP contribution in [0.4, 0.5) is 21.8 Å². The molecule has 45 heavy (non-hydrogen) atoms. The van der Waals surface area contributed by atoms with E-state index in [1.165, 1.54) is 0 Å². The van der Waals surface area contributed by atoms with Crippen molar-refractivity contribution in [2.24, 2.45) is 0 Å². The lowest BCUT2D eigenvalue weighted by molar-refractivity contribution is -0.0310. The molecule has 11 nitrogen and oxygen atoms in total. The SMILES string of the molecule is CCOB1OC(C)(C)c2cc(Nc3ncc(-c4nc(C5CN6CCC5(F)CC6)no4)c(N[C@H](CO)c4ccccc4)n3)ccc21. The Bertz CT molecular complexity index is 1660. The molecule has 13 heteroatoms. The van der Waals surface area contributed by atoms with Crippen molar-refractivity contribution in [2.75, 3.05) is 43.5 Å². The van der Waals surface area contributed by atoms with Crippen LogP contribution in [0.5, 0.6) is 0 Å². The molecular weight excluding hydrogens is 576 g/mol. The summed E-state index contributed by atoms with van der Waals surface area (Å²) in [6.07, 6.45) is 2.53. The van der Waals surface area contributed by atoms with Crippen molar-refractivity contribution >= 4 is 30.0 Å². The highest BCUT2D eigenvalue weighted by molar-refractivity contribution is 6.63. The number of hydrogen-bond acceptors (Lipinski definition) is 11. The van der Waals surface area contributed by atoms with E-state index < -0.39 is 30.3 Å². The minimum Gasteiger partial charge on any atom is -0.408 e. The summed E-state index contributed by atoms with van der Waals surface area (Å²) in [4.78, 5) is 16.3. The highest BCUT2D eigenvalue weighted by Crippen LogP contribution is 2.45. The van der Waals surface area contributed by atoms with Crippen LogP contribution >= 0.6 is 0 Å². The first kappa shape index (κ1) is 29.8. The van der Waals surface area contributed by atoms with E-state index in [1.807, 2.05) is 69.3 Å². The Morgan fingerprint density at radius 2 is 1.96 bits per heavy atom. The normalized spacial score (nSPS) is 24.0. The fourth-order valence-electron chi connectivity index (χ4n) is 6.63. The first-order valence-corrected chi connectivity index (χ1v) is 15.5. The van der Waals surface area contributed by atoms with E-state index >= 15 is 4.39 Å². The second-order valence-corrected chi connectivity index (χ2v) is 12.4. The van der Waals surface area contributed by atoms with E-state index in [1.54, 1.807) is 6.20 Å². The number of alkyl halides is 1. The van der Waals surface area contributed by atoms with Crippen molar-refractivity contribution < 1.29 is 23.3 Å². The van der Waals surface area contributed by atoms with Gasteiger partial charge in [-0.1, -0.05) is 41.6 Å². The molecule has 2 atom stereocenters. The Kier molecular flexibility index (Phi) is 7.80. The number of hydrogen-bond donors (Lipinski definition) is 3. The third-order valence-electron chi connectivity index (χ3n) is 9.15. The Morgan fingerprint density at radius 3 is 2.69 bits per heavy atom. The number of benzene rings is 2. The number of piperidine rings is 3. The number of aliphatic hydroxyl groups is 1. The predicted molar refractivity (Wildman–Crippen MR) is 168 cm³/mol. The molecule has 234 valence electrons. The summed E-state index contributed by atoms with van der Waals surface area (Å²) in [7, 11) is -0.415. The summed E-state index contributed by atoms with van der Waals surface area (Å²) in [5, 5.41) is 21.2. The van der Waals surface area contributed by atoms with Crippen LogP contribution in [-0.4, -0.2) is 75.8 Å². The molecule has 0 aliphatic carbocycles. The minimum atomic E-state index is -1.34. The second kappa shape index (κ2) is 11.8. The summed E-state index contributed by atoms with van der Waals surface area (Å²) in [5.41, 5.74) is 2.24. The number of fused-ring (bicyclic) bond motifs is 4. The van der Waals surface area contributed by atoms with Gasteiger partial charge >= 0.3 is 7.12 Å². The zero-order chi connectivity index (χ0) is 31.2. The fraction of sp³-hybridized carbons (Fsp3) is 0.438. The van der Waals surface area contributed by atoms with Crippen molar-refractivity contribution in [1.29, 1.82) is 0 Å². The quantitative estimate of drug-likeness (QED) is 0.221. The first-order chi connectivity index (χ1) is 21.8. The predicted octanol–water partition coefficient (Wildman–Crippen LogP) is 4.31. The van der Waals surface area contributed by atoms with E-state index in [2.05, 4.69) is 30.7 Å². The first-order valence-electron chi connectivity index (χ1n) is 15.5. The van der Waals surface area contributed by atoms with Gasteiger partial charge in [0.1, 0.15) is 17.1 Å². The van der Waals surface area contributed by atoms with E-state index in [0.29, 0.717) is 49.1 Å². The molecule has 2 aromatic heterocycles. The van der Waals surface area contributed by atoms with Gasteiger partial charge in [-0.2, -0.15) is 9.97 Å². The molecule has 0 radical (unpaired) electrons. The molecule has 0 saturated carbocycles. The summed E-state index contributed by atoms with van der Waals surface area (Å²) >= 11 is 0. The number of anilines is 3. The monoisotopic (exact) mass is 613 g/mol. The maximum absolute atomic E-state index is 15.8. The number of nitrogens with one attached hydrogen (secondary N) is 2. The molecule has 2 aromatic carbocycles. The van der Waals surface area contributed by atoms with Crippen molar-refractivity contribution in [1.82, 2.24) is 25.0 Å². The summed E-state index contributed by atoms with van der Waals surface area (Å²) in [6.45, 7) is 8.39. The molecule has 8 rings (SSSR count).